The lowest BCUT2D eigenvalue weighted by Crippen LogP contribution is -2.17. The average Bonchev–Trinajstić information content (AvgIpc) is 2.30. The van der Waals surface area contributed by atoms with Crippen LogP contribution in [0.3, 0.4) is 0 Å². The van der Waals surface area contributed by atoms with Gasteiger partial charge in [0.15, 0.2) is 5.78 Å². The van der Waals surface area contributed by atoms with Crippen molar-refractivity contribution in [3.63, 3.8) is 0 Å². The zero-order chi connectivity index (χ0) is 12.0. The molecule has 0 aliphatic carbocycles. The summed E-state index contributed by atoms with van der Waals surface area (Å²) in [6.07, 6.45) is 1.57. The minimum Gasteiger partial charge on any atom is -0.385 e. The number of methoxy groups -OCH3 is 1. The monoisotopic (exact) mass is 223 g/mol. The number of Topliss-reactive ketones (excluding diaryl/α,β-unsaturated/α-hetero) is 1. The highest BCUT2D eigenvalue weighted by atomic mass is 19.1. The van der Waals surface area contributed by atoms with Crippen molar-refractivity contribution < 1.29 is 13.9 Å². The van der Waals surface area contributed by atoms with Gasteiger partial charge in [-0.1, -0.05) is 0 Å². The predicted octanol–water partition coefficient (Wildman–Crippen LogP) is 2.31. The van der Waals surface area contributed by atoms with E-state index in [-0.39, 0.29) is 11.6 Å². The van der Waals surface area contributed by atoms with E-state index < -0.39 is 5.92 Å². The number of carbonyl (C=O) groups excluding carboxylic acids is 1. The van der Waals surface area contributed by atoms with E-state index in [9.17, 15) is 9.18 Å². The Morgan fingerprint density at radius 2 is 2.12 bits per heavy atom. The second kappa shape index (κ2) is 6.12. The van der Waals surface area contributed by atoms with Gasteiger partial charge in [0.2, 0.25) is 0 Å². The molecule has 0 heterocycles. The Bertz CT molecular complexity index is 362. The highest BCUT2D eigenvalue weighted by Gasteiger charge is 2.17. The summed E-state index contributed by atoms with van der Waals surface area (Å²) in [6.45, 7) is 0.424. The van der Waals surface area contributed by atoms with E-state index in [0.29, 0.717) is 18.6 Å². The van der Waals surface area contributed by atoms with Crippen LogP contribution in [0.25, 0.3) is 0 Å². The van der Waals surface area contributed by atoms with E-state index in [4.69, 9.17) is 10.1 Å². The summed E-state index contributed by atoms with van der Waals surface area (Å²) in [4.78, 5) is 11.9. The molecule has 0 aliphatic heterocycles. The summed E-state index contributed by atoms with van der Waals surface area (Å²) in [7, 11) is 1.55. The first kappa shape index (κ1) is 12.5. The molecule has 0 spiro atoms. The largest absolute Gasteiger partial charge is 0.385 e. The highest BCUT2D eigenvalue weighted by molar-refractivity contribution is 6.05. The van der Waals surface area contributed by atoms with E-state index in [1.165, 1.54) is 24.3 Å². The standard InChI is InChI=1S/C12H14FNO2/c1-16-7-6-10(8-14)12(15)9-2-4-11(13)5-3-9/h2-5,8,10,14H,6-7H2,1H3. The van der Waals surface area contributed by atoms with Gasteiger partial charge in [0, 0.05) is 25.5 Å². The Morgan fingerprint density at radius 1 is 1.50 bits per heavy atom. The van der Waals surface area contributed by atoms with Crippen LogP contribution in [-0.4, -0.2) is 25.7 Å². The third-order valence-corrected chi connectivity index (χ3v) is 2.30. The highest BCUT2D eigenvalue weighted by Crippen LogP contribution is 2.11. The molecular weight excluding hydrogens is 209 g/mol. The first-order valence-electron chi connectivity index (χ1n) is 4.98. The number of benzene rings is 1. The van der Waals surface area contributed by atoms with Crippen LogP contribution in [-0.2, 0) is 4.74 Å². The van der Waals surface area contributed by atoms with Crippen LogP contribution in [0, 0.1) is 17.1 Å². The average molecular weight is 223 g/mol. The summed E-state index contributed by atoms with van der Waals surface area (Å²) in [5, 5.41) is 7.18. The lowest BCUT2D eigenvalue weighted by Gasteiger charge is -2.09. The van der Waals surface area contributed by atoms with Crippen LogP contribution in [0.4, 0.5) is 4.39 Å². The van der Waals surface area contributed by atoms with E-state index in [1.54, 1.807) is 7.11 Å². The number of ketones is 1. The van der Waals surface area contributed by atoms with Crippen molar-refractivity contribution in [2.45, 2.75) is 6.42 Å². The molecule has 0 radical (unpaired) electrons. The molecule has 1 N–H and O–H groups in total. The maximum atomic E-state index is 12.7. The van der Waals surface area contributed by atoms with Crippen LogP contribution in [0.15, 0.2) is 24.3 Å². The van der Waals surface area contributed by atoms with Crippen LogP contribution in [0.1, 0.15) is 16.8 Å². The summed E-state index contributed by atoms with van der Waals surface area (Å²) in [5.74, 6) is -1.04. The van der Waals surface area contributed by atoms with Crippen molar-refractivity contribution in [2.24, 2.45) is 5.92 Å². The SMILES string of the molecule is COCCC(C=N)C(=O)c1ccc(F)cc1. The first-order valence-corrected chi connectivity index (χ1v) is 4.98. The van der Waals surface area contributed by atoms with E-state index in [0.717, 1.165) is 6.21 Å². The minimum atomic E-state index is -0.495. The Hall–Kier alpha value is -1.55. The molecule has 16 heavy (non-hydrogen) atoms. The molecule has 86 valence electrons. The Morgan fingerprint density at radius 3 is 2.62 bits per heavy atom. The van der Waals surface area contributed by atoms with Crippen LogP contribution >= 0.6 is 0 Å². The van der Waals surface area contributed by atoms with E-state index in [2.05, 4.69) is 0 Å². The second-order valence-corrected chi connectivity index (χ2v) is 3.43. The second-order valence-electron chi connectivity index (χ2n) is 3.43. The third-order valence-electron chi connectivity index (χ3n) is 2.30. The van der Waals surface area contributed by atoms with Gasteiger partial charge in [-0.05, 0) is 30.7 Å². The van der Waals surface area contributed by atoms with Gasteiger partial charge in [-0.3, -0.25) is 4.79 Å². The quantitative estimate of drug-likeness (QED) is 0.594. The molecule has 0 saturated carbocycles. The van der Waals surface area contributed by atoms with Crippen molar-refractivity contribution in [1.29, 1.82) is 5.41 Å². The maximum Gasteiger partial charge on any atom is 0.171 e. The number of rotatable bonds is 6. The molecule has 0 fully saturated rings. The van der Waals surface area contributed by atoms with Crippen molar-refractivity contribution in [2.75, 3.05) is 13.7 Å². The number of carbonyl (C=O) groups is 1. The minimum absolute atomic E-state index is 0.174. The fraction of sp³-hybridized carbons (Fsp3) is 0.333. The van der Waals surface area contributed by atoms with Gasteiger partial charge in [0.25, 0.3) is 0 Å². The van der Waals surface area contributed by atoms with Crippen molar-refractivity contribution in [3.8, 4) is 0 Å². The predicted molar refractivity (Wildman–Crippen MR) is 59.5 cm³/mol. The summed E-state index contributed by atoms with van der Waals surface area (Å²) >= 11 is 0. The molecule has 3 nitrogen and oxygen atoms in total. The third kappa shape index (κ3) is 3.24. The smallest absolute Gasteiger partial charge is 0.171 e. The van der Waals surface area contributed by atoms with Gasteiger partial charge in [-0.25, -0.2) is 4.39 Å². The van der Waals surface area contributed by atoms with Gasteiger partial charge in [0.1, 0.15) is 5.82 Å². The molecule has 0 aliphatic rings. The Kier molecular flexibility index (Phi) is 4.79. The lowest BCUT2D eigenvalue weighted by atomic mass is 9.96. The summed E-state index contributed by atoms with van der Waals surface area (Å²) in [6, 6.07) is 5.34. The molecule has 1 aromatic rings. The lowest BCUT2D eigenvalue weighted by molar-refractivity contribution is 0.0928. The number of hydrogen-bond acceptors (Lipinski definition) is 3. The fourth-order valence-electron chi connectivity index (χ4n) is 1.36. The number of ether oxygens (including phenoxy) is 1. The van der Waals surface area contributed by atoms with E-state index >= 15 is 0 Å². The maximum absolute atomic E-state index is 12.7. The van der Waals surface area contributed by atoms with Gasteiger partial charge in [-0.2, -0.15) is 0 Å². The van der Waals surface area contributed by atoms with Crippen molar-refractivity contribution in [3.05, 3.63) is 35.6 Å². The fourth-order valence-corrected chi connectivity index (χ4v) is 1.36. The van der Waals surface area contributed by atoms with Gasteiger partial charge < -0.3 is 10.1 Å². The van der Waals surface area contributed by atoms with Crippen molar-refractivity contribution in [1.82, 2.24) is 0 Å². The van der Waals surface area contributed by atoms with E-state index in [1.807, 2.05) is 0 Å². The molecular formula is C12H14FNO2. The van der Waals surface area contributed by atoms with Crippen LogP contribution in [0.2, 0.25) is 0 Å². The number of nitrogens with one attached hydrogen (secondary N) is 1. The zero-order valence-electron chi connectivity index (χ0n) is 9.07. The summed E-state index contributed by atoms with van der Waals surface area (Å²) in [5.41, 5.74) is 0.422. The normalized spacial score (nSPS) is 12.1. The zero-order valence-corrected chi connectivity index (χ0v) is 9.07. The molecule has 1 atom stereocenters. The van der Waals surface area contributed by atoms with Gasteiger partial charge in [0.05, 0.1) is 5.92 Å². The molecule has 0 amide bonds. The number of hydrogen-bond donors (Lipinski definition) is 1. The molecule has 1 unspecified atom stereocenters. The van der Waals surface area contributed by atoms with Crippen LogP contribution in [0.5, 0.6) is 0 Å². The molecule has 0 aromatic heterocycles. The summed E-state index contributed by atoms with van der Waals surface area (Å²) < 4.78 is 17.5. The Labute approximate surface area is 93.7 Å². The van der Waals surface area contributed by atoms with Gasteiger partial charge in [-0.15, -0.1) is 0 Å². The molecule has 0 saturated heterocycles. The molecule has 4 heteroatoms. The first-order chi connectivity index (χ1) is 7.69. The topological polar surface area (TPSA) is 50.1 Å². The van der Waals surface area contributed by atoms with Gasteiger partial charge >= 0.3 is 0 Å². The molecule has 1 rings (SSSR count). The molecule has 1 aromatic carbocycles. The molecule has 0 bridgehead atoms. The Balaban J connectivity index is 2.74. The van der Waals surface area contributed by atoms with Crippen molar-refractivity contribution >= 4 is 12.0 Å². The van der Waals surface area contributed by atoms with Crippen LogP contribution < -0.4 is 0 Å². The number of halogens is 1.